The van der Waals surface area contributed by atoms with E-state index in [4.69, 9.17) is 17.3 Å². The van der Waals surface area contributed by atoms with Crippen LogP contribution in [0.3, 0.4) is 0 Å². The van der Waals surface area contributed by atoms with Crippen LogP contribution in [0.15, 0.2) is 65.8 Å². The zero-order valence-corrected chi connectivity index (χ0v) is 14.4. The van der Waals surface area contributed by atoms with E-state index in [1.807, 2.05) is 24.3 Å². The third-order valence-corrected chi connectivity index (χ3v) is 4.24. The van der Waals surface area contributed by atoms with Crippen molar-refractivity contribution in [3.63, 3.8) is 0 Å². The summed E-state index contributed by atoms with van der Waals surface area (Å²) in [4.78, 5) is 4.52. The number of hydrogen-bond acceptors (Lipinski definition) is 2. The molecule has 2 aromatic carbocycles. The Morgan fingerprint density at radius 3 is 2.68 bits per heavy atom. The average Bonchev–Trinajstić information content (AvgIpc) is 2.59. The van der Waals surface area contributed by atoms with Gasteiger partial charge in [0.15, 0.2) is 5.96 Å². The van der Waals surface area contributed by atoms with Gasteiger partial charge in [-0.25, -0.2) is 4.39 Å². The highest BCUT2D eigenvalue weighted by Crippen LogP contribution is 2.19. The topological polar surface area (TPSA) is 62.4 Å². The molecule has 4 nitrogen and oxygen atoms in total. The maximum Gasteiger partial charge on any atom is 0.197 e. The molecule has 1 aliphatic heterocycles. The van der Waals surface area contributed by atoms with Crippen LogP contribution in [-0.4, -0.2) is 18.2 Å². The molecule has 1 unspecified atom stereocenters. The van der Waals surface area contributed by atoms with Crippen molar-refractivity contribution in [1.82, 2.24) is 10.6 Å². The Bertz CT molecular complexity index is 791. The number of guanidine groups is 1. The van der Waals surface area contributed by atoms with Crippen molar-refractivity contribution < 1.29 is 4.39 Å². The van der Waals surface area contributed by atoms with Crippen LogP contribution in [0.4, 0.5) is 4.39 Å². The first kappa shape index (κ1) is 17.5. The summed E-state index contributed by atoms with van der Waals surface area (Å²) in [6.45, 7) is 0.644. The number of halogens is 2. The second-order valence-corrected chi connectivity index (χ2v) is 6.44. The van der Waals surface area contributed by atoms with Crippen molar-refractivity contribution in [2.75, 3.05) is 6.54 Å². The maximum absolute atomic E-state index is 13.3. The van der Waals surface area contributed by atoms with E-state index in [2.05, 4.69) is 27.8 Å². The molecule has 1 atom stereocenters. The van der Waals surface area contributed by atoms with Crippen molar-refractivity contribution in [2.24, 2.45) is 10.7 Å². The van der Waals surface area contributed by atoms with Gasteiger partial charge in [0.1, 0.15) is 11.5 Å². The molecular weight excluding hydrogens is 339 g/mol. The smallest absolute Gasteiger partial charge is 0.197 e. The molecule has 6 heteroatoms. The fraction of sp³-hybridized carbons (Fsp3) is 0.211. The molecule has 25 heavy (non-hydrogen) atoms. The highest BCUT2D eigenvalue weighted by Gasteiger charge is 2.26. The molecule has 0 amide bonds. The largest absolute Gasteiger partial charge is 0.334 e. The Kier molecular flexibility index (Phi) is 5.36. The van der Waals surface area contributed by atoms with Crippen molar-refractivity contribution in [1.29, 1.82) is 0 Å². The second-order valence-electron chi connectivity index (χ2n) is 6.03. The van der Waals surface area contributed by atoms with Crippen molar-refractivity contribution in [3.8, 4) is 0 Å². The Labute approximate surface area is 151 Å². The molecular formula is C19H20ClFN4. The summed E-state index contributed by atoms with van der Waals surface area (Å²) in [5.74, 6) is 0.183. The number of nitrogens with two attached hydrogens (primary N) is 1. The molecule has 1 heterocycles. The predicted octanol–water partition coefficient (Wildman–Crippen LogP) is 2.98. The van der Waals surface area contributed by atoms with E-state index in [0.717, 1.165) is 12.0 Å². The molecule has 0 aromatic heterocycles. The number of nitrogens with one attached hydrogen (secondary N) is 2. The van der Waals surface area contributed by atoms with Gasteiger partial charge in [0.05, 0.1) is 5.02 Å². The first-order chi connectivity index (χ1) is 12.0. The normalized spacial score (nSPS) is 21.0. The molecule has 0 bridgehead atoms. The number of nitrogens with zero attached hydrogens (tertiary/aromatic N) is 1. The highest BCUT2D eigenvalue weighted by molar-refractivity contribution is 6.30. The van der Waals surface area contributed by atoms with Gasteiger partial charge in [0, 0.05) is 19.2 Å². The van der Waals surface area contributed by atoms with E-state index in [-0.39, 0.29) is 5.02 Å². The maximum atomic E-state index is 13.3. The van der Waals surface area contributed by atoms with Crippen LogP contribution in [-0.2, 0) is 12.8 Å². The third-order valence-electron chi connectivity index (χ3n) is 3.95. The van der Waals surface area contributed by atoms with Crippen LogP contribution in [0.1, 0.15) is 11.1 Å². The molecule has 0 saturated carbocycles. The Balaban J connectivity index is 1.63. The van der Waals surface area contributed by atoms with Gasteiger partial charge in [0.2, 0.25) is 0 Å². The van der Waals surface area contributed by atoms with Crippen LogP contribution in [0.2, 0.25) is 5.02 Å². The van der Waals surface area contributed by atoms with Crippen molar-refractivity contribution in [3.05, 3.63) is 82.8 Å². The highest BCUT2D eigenvalue weighted by atomic mass is 35.5. The molecule has 0 fully saturated rings. The van der Waals surface area contributed by atoms with E-state index in [0.29, 0.717) is 18.9 Å². The van der Waals surface area contributed by atoms with Crippen molar-refractivity contribution >= 4 is 17.6 Å². The fourth-order valence-corrected chi connectivity index (χ4v) is 2.89. The lowest BCUT2D eigenvalue weighted by Gasteiger charge is -2.32. The monoisotopic (exact) mass is 358 g/mol. The zero-order valence-electron chi connectivity index (χ0n) is 13.7. The number of hydrogen-bond donors (Lipinski definition) is 3. The van der Waals surface area contributed by atoms with Crippen LogP contribution >= 0.6 is 11.6 Å². The van der Waals surface area contributed by atoms with Crippen LogP contribution in [0.25, 0.3) is 0 Å². The summed E-state index contributed by atoms with van der Waals surface area (Å²) in [5.41, 5.74) is 7.67. The van der Waals surface area contributed by atoms with Crippen molar-refractivity contribution in [2.45, 2.75) is 18.5 Å². The molecule has 3 rings (SSSR count). The summed E-state index contributed by atoms with van der Waals surface area (Å²) < 4.78 is 13.3. The molecule has 0 radical (unpaired) electrons. The lowest BCUT2D eigenvalue weighted by molar-refractivity contribution is 0.471. The van der Waals surface area contributed by atoms with Gasteiger partial charge in [0.25, 0.3) is 0 Å². The van der Waals surface area contributed by atoms with E-state index in [1.54, 1.807) is 18.3 Å². The lowest BCUT2D eigenvalue weighted by atomic mass is 9.99. The van der Waals surface area contributed by atoms with Gasteiger partial charge in [-0.2, -0.15) is 0 Å². The first-order valence-corrected chi connectivity index (χ1v) is 8.45. The van der Waals surface area contributed by atoms with E-state index >= 15 is 0 Å². The van der Waals surface area contributed by atoms with E-state index < -0.39 is 11.5 Å². The molecule has 0 aliphatic carbocycles. The molecule has 2 aromatic rings. The van der Waals surface area contributed by atoms with Gasteiger partial charge in [-0.1, -0.05) is 48.0 Å². The van der Waals surface area contributed by atoms with Crippen LogP contribution < -0.4 is 16.4 Å². The summed E-state index contributed by atoms with van der Waals surface area (Å²) in [6, 6.07) is 14.8. The van der Waals surface area contributed by atoms with Gasteiger partial charge in [-0.15, -0.1) is 0 Å². The molecule has 0 saturated heterocycles. The quantitative estimate of drug-likeness (QED) is 0.770. The van der Waals surface area contributed by atoms with Gasteiger partial charge in [-0.05, 0) is 35.8 Å². The van der Waals surface area contributed by atoms with Gasteiger partial charge in [-0.3, -0.25) is 4.99 Å². The Hall–Kier alpha value is -2.37. The minimum Gasteiger partial charge on any atom is -0.334 e. The Morgan fingerprint density at radius 2 is 1.92 bits per heavy atom. The van der Waals surface area contributed by atoms with Crippen LogP contribution in [0.5, 0.6) is 0 Å². The SMILES string of the molecule is NC1(Cc2ccc(F)c(Cl)c2)C=CNC(=NCCc2ccccc2)N1. The average molecular weight is 359 g/mol. The number of benzene rings is 2. The zero-order chi connectivity index (χ0) is 17.7. The summed E-state index contributed by atoms with van der Waals surface area (Å²) in [7, 11) is 0. The summed E-state index contributed by atoms with van der Waals surface area (Å²) >= 11 is 5.84. The van der Waals surface area contributed by atoms with E-state index in [9.17, 15) is 4.39 Å². The predicted molar refractivity (Wildman–Crippen MR) is 99.9 cm³/mol. The molecule has 0 spiro atoms. The standard InChI is InChI=1S/C19H20ClFN4/c20-16-12-15(6-7-17(16)21)13-19(22)9-11-24-18(25-19)23-10-8-14-4-2-1-3-5-14/h1-7,9,11-12H,8,10,13,22H2,(H2,23,24,25). The summed E-state index contributed by atoms with van der Waals surface area (Å²) in [5, 5.41) is 6.34. The minimum atomic E-state index is -0.808. The number of rotatable bonds is 5. The van der Waals surface area contributed by atoms with Gasteiger partial charge < -0.3 is 16.4 Å². The molecule has 1 aliphatic rings. The summed E-state index contributed by atoms with van der Waals surface area (Å²) in [6.07, 6.45) is 4.90. The lowest BCUT2D eigenvalue weighted by Crippen LogP contribution is -2.61. The minimum absolute atomic E-state index is 0.0933. The second kappa shape index (κ2) is 7.68. The Morgan fingerprint density at radius 1 is 1.12 bits per heavy atom. The third kappa shape index (κ3) is 4.81. The fourth-order valence-electron chi connectivity index (χ4n) is 2.68. The number of aliphatic imine (C=N–C) groups is 1. The first-order valence-electron chi connectivity index (χ1n) is 8.08. The van der Waals surface area contributed by atoms with Crippen LogP contribution in [0, 0.1) is 5.82 Å². The van der Waals surface area contributed by atoms with Gasteiger partial charge >= 0.3 is 0 Å². The molecule has 4 N–H and O–H groups in total. The molecule has 130 valence electrons. The van der Waals surface area contributed by atoms with E-state index in [1.165, 1.54) is 11.6 Å².